The van der Waals surface area contributed by atoms with Crippen molar-refractivity contribution in [3.8, 4) is 5.75 Å². The number of amides is 1. The van der Waals surface area contributed by atoms with E-state index in [9.17, 15) is 19.8 Å². The molecule has 3 aromatic rings. The number of aliphatic hydroxyl groups is 1. The maximum Gasteiger partial charge on any atom is 0.301 e. The van der Waals surface area contributed by atoms with Crippen molar-refractivity contribution >= 4 is 33.9 Å². The van der Waals surface area contributed by atoms with Crippen molar-refractivity contribution in [3.05, 3.63) is 75.3 Å². The van der Waals surface area contributed by atoms with Gasteiger partial charge in [0.15, 0.2) is 0 Å². The van der Waals surface area contributed by atoms with Crippen LogP contribution in [-0.4, -0.2) is 32.1 Å². The van der Waals surface area contributed by atoms with Gasteiger partial charge in [-0.2, -0.15) is 0 Å². The summed E-state index contributed by atoms with van der Waals surface area (Å²) in [6.45, 7) is 5.47. The summed E-state index contributed by atoms with van der Waals surface area (Å²) < 4.78 is 0. The van der Waals surface area contributed by atoms with Crippen molar-refractivity contribution in [3.63, 3.8) is 0 Å². The fourth-order valence-corrected chi connectivity index (χ4v) is 4.24. The van der Waals surface area contributed by atoms with Gasteiger partial charge < -0.3 is 10.2 Å². The van der Waals surface area contributed by atoms with Crippen molar-refractivity contribution in [2.45, 2.75) is 26.8 Å². The average Bonchev–Trinajstić information content (AvgIpc) is 3.25. The number of hydrogen-bond acceptors (Lipinski definition) is 7. The normalized spacial score (nSPS) is 18.2. The predicted octanol–water partition coefficient (Wildman–Crippen LogP) is 3.80. The van der Waals surface area contributed by atoms with Crippen LogP contribution in [0.4, 0.5) is 5.13 Å². The molecule has 30 heavy (non-hydrogen) atoms. The molecule has 0 bridgehead atoms. The first-order chi connectivity index (χ1) is 14.3. The van der Waals surface area contributed by atoms with E-state index in [2.05, 4.69) is 10.2 Å². The molecule has 2 aromatic carbocycles. The van der Waals surface area contributed by atoms with Crippen molar-refractivity contribution in [2.24, 2.45) is 0 Å². The molecule has 8 heteroatoms. The molecule has 0 aliphatic carbocycles. The molecule has 2 N–H and O–H groups in total. The Morgan fingerprint density at radius 2 is 1.73 bits per heavy atom. The molecule has 0 saturated carbocycles. The monoisotopic (exact) mass is 421 g/mol. The number of benzene rings is 2. The van der Waals surface area contributed by atoms with Gasteiger partial charge in [0.2, 0.25) is 5.13 Å². The van der Waals surface area contributed by atoms with Gasteiger partial charge in [-0.25, -0.2) is 0 Å². The van der Waals surface area contributed by atoms with Gasteiger partial charge in [-0.1, -0.05) is 41.2 Å². The molecule has 1 unspecified atom stereocenters. The van der Waals surface area contributed by atoms with E-state index in [1.165, 1.54) is 28.4 Å². The van der Waals surface area contributed by atoms with E-state index in [0.717, 1.165) is 11.1 Å². The second-order valence-electron chi connectivity index (χ2n) is 7.18. The molecule has 7 nitrogen and oxygen atoms in total. The van der Waals surface area contributed by atoms with E-state index in [1.54, 1.807) is 25.1 Å². The number of carbonyl (C=O) groups is 2. The van der Waals surface area contributed by atoms with Crippen molar-refractivity contribution < 1.29 is 19.8 Å². The fraction of sp³-hybridized carbons (Fsp3) is 0.182. The molecule has 1 aliphatic rings. The Balaban J connectivity index is 1.97. The number of aromatic hydroxyl groups is 1. The number of nitrogens with zero attached hydrogens (tertiary/aromatic N) is 3. The number of aryl methyl sites for hydroxylation is 3. The molecule has 4 rings (SSSR count). The average molecular weight is 421 g/mol. The third-order valence-electron chi connectivity index (χ3n) is 5.02. The first kappa shape index (κ1) is 19.8. The van der Waals surface area contributed by atoms with Crippen molar-refractivity contribution in [2.75, 3.05) is 4.90 Å². The summed E-state index contributed by atoms with van der Waals surface area (Å²) in [6, 6.07) is 10.8. The summed E-state index contributed by atoms with van der Waals surface area (Å²) >= 11 is 1.18. The molecule has 1 saturated heterocycles. The zero-order chi connectivity index (χ0) is 21.6. The Morgan fingerprint density at radius 1 is 1.03 bits per heavy atom. The van der Waals surface area contributed by atoms with Crippen LogP contribution in [0.3, 0.4) is 0 Å². The summed E-state index contributed by atoms with van der Waals surface area (Å²) in [5, 5.41) is 29.8. The highest BCUT2D eigenvalue weighted by molar-refractivity contribution is 7.15. The van der Waals surface area contributed by atoms with Crippen LogP contribution in [0.2, 0.25) is 0 Å². The Labute approximate surface area is 176 Å². The number of hydrogen-bond donors (Lipinski definition) is 2. The van der Waals surface area contributed by atoms with Gasteiger partial charge >= 0.3 is 5.91 Å². The van der Waals surface area contributed by atoms with Crippen molar-refractivity contribution in [1.82, 2.24) is 10.2 Å². The van der Waals surface area contributed by atoms with Gasteiger partial charge in [-0.15, -0.1) is 10.2 Å². The van der Waals surface area contributed by atoms with Crippen LogP contribution >= 0.6 is 11.3 Å². The Kier molecular flexibility index (Phi) is 4.87. The summed E-state index contributed by atoms with van der Waals surface area (Å²) in [7, 11) is 0. The highest BCUT2D eigenvalue weighted by Gasteiger charge is 2.48. The van der Waals surface area contributed by atoms with Crippen molar-refractivity contribution in [1.29, 1.82) is 0 Å². The first-order valence-electron chi connectivity index (χ1n) is 9.25. The highest BCUT2D eigenvalue weighted by atomic mass is 32.1. The summed E-state index contributed by atoms with van der Waals surface area (Å²) in [4.78, 5) is 27.3. The number of phenols is 1. The molecule has 1 fully saturated rings. The zero-order valence-electron chi connectivity index (χ0n) is 16.6. The lowest BCUT2D eigenvalue weighted by Gasteiger charge is -2.22. The predicted molar refractivity (Wildman–Crippen MR) is 113 cm³/mol. The van der Waals surface area contributed by atoms with Crippen LogP contribution < -0.4 is 4.90 Å². The van der Waals surface area contributed by atoms with Gasteiger partial charge in [0.05, 0.1) is 11.6 Å². The maximum atomic E-state index is 13.1. The third-order valence-corrected chi connectivity index (χ3v) is 5.86. The van der Waals surface area contributed by atoms with Crippen LogP contribution in [0, 0.1) is 20.8 Å². The number of phenolic OH excluding ortho intramolecular Hbond substituents is 1. The van der Waals surface area contributed by atoms with Crippen LogP contribution in [0.5, 0.6) is 5.75 Å². The molecule has 0 spiro atoms. The van der Waals surface area contributed by atoms with Gasteiger partial charge in [-0.05, 0) is 50.1 Å². The first-order valence-corrected chi connectivity index (χ1v) is 10.1. The minimum Gasteiger partial charge on any atom is -0.508 e. The van der Waals surface area contributed by atoms with E-state index in [-0.39, 0.29) is 22.2 Å². The van der Waals surface area contributed by atoms with Gasteiger partial charge in [0.25, 0.3) is 5.78 Å². The number of Topliss-reactive ketones (excluding diaryl/α,β-unsaturated/α-hetero) is 1. The number of carbonyl (C=O) groups excluding carboxylic acids is 2. The minimum absolute atomic E-state index is 0.0211. The van der Waals surface area contributed by atoms with Crippen LogP contribution in [-0.2, 0) is 9.59 Å². The SMILES string of the molecule is Cc1ccc(C)c(C(O)=C2C(=O)C(=O)N(c3nnc(C)s3)C2c2ccc(O)cc2)c1. The molecule has 0 radical (unpaired) electrons. The molecule has 1 aromatic heterocycles. The van der Waals surface area contributed by atoms with E-state index >= 15 is 0 Å². The Bertz CT molecular complexity index is 1200. The van der Waals surface area contributed by atoms with Crippen LogP contribution in [0.25, 0.3) is 5.76 Å². The Hall–Kier alpha value is -3.52. The topological polar surface area (TPSA) is 104 Å². The molecule has 2 heterocycles. The Morgan fingerprint density at radius 3 is 2.37 bits per heavy atom. The van der Waals surface area contributed by atoms with E-state index in [0.29, 0.717) is 16.1 Å². The van der Waals surface area contributed by atoms with E-state index < -0.39 is 17.7 Å². The van der Waals surface area contributed by atoms with Crippen LogP contribution in [0.1, 0.15) is 33.3 Å². The molecule has 1 atom stereocenters. The molecule has 1 amide bonds. The molecular weight excluding hydrogens is 402 g/mol. The summed E-state index contributed by atoms with van der Waals surface area (Å²) in [5.74, 6) is -1.76. The lowest BCUT2D eigenvalue weighted by molar-refractivity contribution is -0.132. The molecular formula is C22H19N3O4S. The standard InChI is InChI=1S/C22H19N3O4S/c1-11-4-5-12(2)16(10-11)19(27)17-18(14-6-8-15(26)9-7-14)25(21(29)20(17)28)22-24-23-13(3)30-22/h4-10,18,26-27H,1-3H3. The van der Waals surface area contributed by atoms with Gasteiger partial charge in [0.1, 0.15) is 16.5 Å². The smallest absolute Gasteiger partial charge is 0.301 e. The van der Waals surface area contributed by atoms with Gasteiger partial charge in [0, 0.05) is 5.56 Å². The summed E-state index contributed by atoms with van der Waals surface area (Å²) in [6.07, 6.45) is 0. The quantitative estimate of drug-likeness (QED) is 0.379. The maximum absolute atomic E-state index is 13.1. The van der Waals surface area contributed by atoms with Gasteiger partial charge in [-0.3, -0.25) is 14.5 Å². The number of aliphatic hydroxyl groups excluding tert-OH is 1. The second-order valence-corrected chi connectivity index (χ2v) is 8.34. The number of aromatic nitrogens is 2. The third kappa shape index (κ3) is 3.25. The van der Waals surface area contributed by atoms with Crippen LogP contribution in [0.15, 0.2) is 48.0 Å². The fourth-order valence-electron chi connectivity index (χ4n) is 3.52. The highest BCUT2D eigenvalue weighted by Crippen LogP contribution is 2.43. The molecule has 1 aliphatic heterocycles. The number of ketones is 1. The minimum atomic E-state index is -0.891. The van der Waals surface area contributed by atoms with E-state index in [1.807, 2.05) is 26.0 Å². The lowest BCUT2D eigenvalue weighted by Crippen LogP contribution is -2.29. The summed E-state index contributed by atoms with van der Waals surface area (Å²) in [5.41, 5.74) is 2.72. The van der Waals surface area contributed by atoms with E-state index in [4.69, 9.17) is 0 Å². The largest absolute Gasteiger partial charge is 0.508 e. The zero-order valence-corrected chi connectivity index (χ0v) is 17.4. The number of anilines is 1. The number of rotatable bonds is 3. The second kappa shape index (κ2) is 7.38. The molecule has 152 valence electrons. The lowest BCUT2D eigenvalue weighted by atomic mass is 9.93.